The van der Waals surface area contributed by atoms with Crippen molar-refractivity contribution in [2.45, 2.75) is 24.8 Å². The molecule has 0 saturated heterocycles. The van der Waals surface area contributed by atoms with Gasteiger partial charge in [-0.3, -0.25) is 4.98 Å². The van der Waals surface area contributed by atoms with Gasteiger partial charge in [-0.25, -0.2) is 13.1 Å². The molecule has 2 rings (SSSR count). The standard InChI is InChI=1S/C14H15BrN2O2S/c1-10-9-12(6-7-13(10)15)20(18,19)17-11(2)14-5-3-4-8-16-14/h3-9,11,17H,1-2H3. The van der Waals surface area contributed by atoms with Gasteiger partial charge in [-0.1, -0.05) is 22.0 Å². The summed E-state index contributed by atoms with van der Waals surface area (Å²) in [5.74, 6) is 0. The van der Waals surface area contributed by atoms with Crippen molar-refractivity contribution in [1.29, 1.82) is 0 Å². The average molecular weight is 355 g/mol. The first-order valence-electron chi connectivity index (χ1n) is 6.09. The number of aromatic nitrogens is 1. The second kappa shape index (κ2) is 6.03. The molecule has 0 saturated carbocycles. The second-order valence-electron chi connectivity index (χ2n) is 4.51. The zero-order valence-electron chi connectivity index (χ0n) is 11.2. The highest BCUT2D eigenvalue weighted by molar-refractivity contribution is 9.10. The van der Waals surface area contributed by atoms with Gasteiger partial charge in [-0.15, -0.1) is 0 Å². The number of rotatable bonds is 4. The van der Waals surface area contributed by atoms with Gasteiger partial charge >= 0.3 is 0 Å². The number of nitrogens with one attached hydrogen (secondary N) is 1. The minimum Gasteiger partial charge on any atom is -0.260 e. The number of halogens is 1. The molecule has 0 aliphatic carbocycles. The Bertz CT molecular complexity index is 702. The molecule has 6 heteroatoms. The van der Waals surface area contributed by atoms with Crippen molar-refractivity contribution in [2.24, 2.45) is 0 Å². The van der Waals surface area contributed by atoms with Gasteiger partial charge in [0.1, 0.15) is 0 Å². The van der Waals surface area contributed by atoms with E-state index in [1.807, 2.05) is 13.0 Å². The molecule has 4 nitrogen and oxygen atoms in total. The van der Waals surface area contributed by atoms with Gasteiger partial charge in [0.25, 0.3) is 0 Å². The molecule has 1 N–H and O–H groups in total. The Balaban J connectivity index is 2.25. The van der Waals surface area contributed by atoms with E-state index in [2.05, 4.69) is 25.6 Å². The molecule has 0 bridgehead atoms. The summed E-state index contributed by atoms with van der Waals surface area (Å²) in [6, 6.07) is 9.97. The van der Waals surface area contributed by atoms with Gasteiger partial charge in [0.2, 0.25) is 10.0 Å². The molecule has 0 aliphatic rings. The number of sulfonamides is 1. The molecule has 1 heterocycles. The highest BCUT2D eigenvalue weighted by Gasteiger charge is 2.19. The highest BCUT2D eigenvalue weighted by atomic mass is 79.9. The van der Waals surface area contributed by atoms with E-state index in [1.165, 1.54) is 0 Å². The van der Waals surface area contributed by atoms with Crippen molar-refractivity contribution >= 4 is 26.0 Å². The molecule has 0 amide bonds. The van der Waals surface area contributed by atoms with Crippen LogP contribution in [0.2, 0.25) is 0 Å². The van der Waals surface area contributed by atoms with Crippen LogP contribution in [0.15, 0.2) is 52.0 Å². The summed E-state index contributed by atoms with van der Waals surface area (Å²) < 4.78 is 28.2. The molecule has 0 radical (unpaired) electrons. The summed E-state index contributed by atoms with van der Waals surface area (Å²) in [5.41, 5.74) is 1.56. The van der Waals surface area contributed by atoms with Crippen molar-refractivity contribution in [3.05, 3.63) is 58.3 Å². The quantitative estimate of drug-likeness (QED) is 0.916. The largest absolute Gasteiger partial charge is 0.260 e. The minimum atomic E-state index is -3.56. The first-order chi connectivity index (χ1) is 9.40. The molecule has 1 atom stereocenters. The van der Waals surface area contributed by atoms with Crippen LogP contribution in [0.25, 0.3) is 0 Å². The lowest BCUT2D eigenvalue weighted by Gasteiger charge is -2.14. The Kier molecular flexibility index (Phi) is 4.57. The van der Waals surface area contributed by atoms with E-state index in [4.69, 9.17) is 0 Å². The molecule has 1 unspecified atom stereocenters. The van der Waals surface area contributed by atoms with Crippen LogP contribution in [0.1, 0.15) is 24.2 Å². The van der Waals surface area contributed by atoms with E-state index in [-0.39, 0.29) is 10.9 Å². The lowest BCUT2D eigenvalue weighted by Crippen LogP contribution is -2.27. The number of nitrogens with zero attached hydrogens (tertiary/aromatic N) is 1. The van der Waals surface area contributed by atoms with Crippen LogP contribution < -0.4 is 4.72 Å². The van der Waals surface area contributed by atoms with Crippen LogP contribution in [-0.4, -0.2) is 13.4 Å². The normalized spacial score (nSPS) is 13.2. The third kappa shape index (κ3) is 3.45. The van der Waals surface area contributed by atoms with Crippen molar-refractivity contribution < 1.29 is 8.42 Å². The monoisotopic (exact) mass is 354 g/mol. The summed E-state index contributed by atoms with van der Waals surface area (Å²) >= 11 is 3.36. The molecule has 0 aliphatic heterocycles. The number of aryl methyl sites for hydroxylation is 1. The fourth-order valence-corrected chi connectivity index (χ4v) is 3.33. The maximum Gasteiger partial charge on any atom is 0.241 e. The smallest absolute Gasteiger partial charge is 0.241 e. The average Bonchev–Trinajstić information content (AvgIpc) is 2.42. The summed E-state index contributed by atoms with van der Waals surface area (Å²) in [6.45, 7) is 3.62. The Morgan fingerprint density at radius 3 is 2.60 bits per heavy atom. The second-order valence-corrected chi connectivity index (χ2v) is 7.08. The predicted molar refractivity (Wildman–Crippen MR) is 81.9 cm³/mol. The molecule has 1 aromatic heterocycles. The van der Waals surface area contributed by atoms with Crippen LogP contribution in [-0.2, 0) is 10.0 Å². The molecular formula is C14H15BrN2O2S. The molecule has 0 spiro atoms. The first-order valence-corrected chi connectivity index (χ1v) is 8.37. The van der Waals surface area contributed by atoms with Gasteiger partial charge in [0.05, 0.1) is 16.6 Å². The van der Waals surface area contributed by atoms with Gasteiger partial charge < -0.3 is 0 Å². The molecular weight excluding hydrogens is 340 g/mol. The van der Waals surface area contributed by atoms with E-state index in [1.54, 1.807) is 43.5 Å². The van der Waals surface area contributed by atoms with E-state index in [0.29, 0.717) is 5.69 Å². The van der Waals surface area contributed by atoms with Crippen LogP contribution in [0.3, 0.4) is 0 Å². The zero-order valence-corrected chi connectivity index (χ0v) is 13.6. The van der Waals surface area contributed by atoms with Gasteiger partial charge in [-0.05, 0) is 49.7 Å². The highest BCUT2D eigenvalue weighted by Crippen LogP contribution is 2.21. The topological polar surface area (TPSA) is 59.1 Å². The van der Waals surface area contributed by atoms with E-state index < -0.39 is 10.0 Å². The fourth-order valence-electron chi connectivity index (χ4n) is 1.78. The Morgan fingerprint density at radius 2 is 2.00 bits per heavy atom. The van der Waals surface area contributed by atoms with E-state index in [0.717, 1.165) is 10.0 Å². The number of hydrogen-bond acceptors (Lipinski definition) is 3. The SMILES string of the molecule is Cc1cc(S(=O)(=O)NC(C)c2ccccn2)ccc1Br. The van der Waals surface area contributed by atoms with Crippen molar-refractivity contribution in [1.82, 2.24) is 9.71 Å². The van der Waals surface area contributed by atoms with Crippen molar-refractivity contribution in [3.63, 3.8) is 0 Å². The van der Waals surface area contributed by atoms with Crippen molar-refractivity contribution in [2.75, 3.05) is 0 Å². The van der Waals surface area contributed by atoms with Crippen LogP contribution in [0.5, 0.6) is 0 Å². The van der Waals surface area contributed by atoms with Crippen LogP contribution in [0.4, 0.5) is 0 Å². The third-order valence-electron chi connectivity index (χ3n) is 2.90. The predicted octanol–water partition coefficient (Wildman–Crippen LogP) is 3.19. The summed E-state index contributed by atoms with van der Waals surface area (Å²) in [4.78, 5) is 4.40. The fraction of sp³-hybridized carbons (Fsp3) is 0.214. The summed E-state index contributed by atoms with van der Waals surface area (Å²) in [6.07, 6.45) is 1.64. The van der Waals surface area contributed by atoms with E-state index >= 15 is 0 Å². The lowest BCUT2D eigenvalue weighted by atomic mass is 10.2. The molecule has 0 fully saturated rings. The summed E-state index contributed by atoms with van der Waals surface area (Å²) in [5, 5.41) is 0. The molecule has 2 aromatic rings. The molecule has 1 aromatic carbocycles. The van der Waals surface area contributed by atoms with Gasteiger partial charge in [0, 0.05) is 10.7 Å². The third-order valence-corrected chi connectivity index (χ3v) is 5.33. The Labute approximate surface area is 127 Å². The minimum absolute atomic E-state index is 0.251. The molecule has 106 valence electrons. The number of pyridine rings is 1. The van der Waals surface area contributed by atoms with Crippen LogP contribution >= 0.6 is 15.9 Å². The zero-order chi connectivity index (χ0) is 14.8. The first kappa shape index (κ1) is 15.2. The van der Waals surface area contributed by atoms with Gasteiger partial charge in [-0.2, -0.15) is 0 Å². The van der Waals surface area contributed by atoms with Crippen molar-refractivity contribution in [3.8, 4) is 0 Å². The van der Waals surface area contributed by atoms with E-state index in [9.17, 15) is 8.42 Å². The maximum absolute atomic E-state index is 12.3. The lowest BCUT2D eigenvalue weighted by molar-refractivity contribution is 0.564. The molecule has 20 heavy (non-hydrogen) atoms. The Hall–Kier alpha value is -1.24. The van der Waals surface area contributed by atoms with Crippen LogP contribution in [0, 0.1) is 6.92 Å². The van der Waals surface area contributed by atoms with Gasteiger partial charge in [0.15, 0.2) is 0 Å². The Morgan fingerprint density at radius 1 is 1.25 bits per heavy atom. The number of hydrogen-bond donors (Lipinski definition) is 1. The number of benzene rings is 1. The summed E-state index contributed by atoms with van der Waals surface area (Å²) in [7, 11) is -3.56. The maximum atomic E-state index is 12.3.